The van der Waals surface area contributed by atoms with E-state index in [1.165, 1.54) is 0 Å². The fourth-order valence-electron chi connectivity index (χ4n) is 3.49. The van der Waals surface area contributed by atoms with Crippen LogP contribution in [-0.4, -0.2) is 42.9 Å². The fraction of sp³-hybridized carbons (Fsp3) is 0.375. The van der Waals surface area contributed by atoms with Gasteiger partial charge in [0.2, 0.25) is 0 Å². The van der Waals surface area contributed by atoms with Crippen LogP contribution in [0.25, 0.3) is 0 Å². The third kappa shape index (κ3) is 5.34. The molecular formula is C24H27BrN2O4. The summed E-state index contributed by atoms with van der Waals surface area (Å²) in [6.45, 7) is 7.78. The first kappa shape index (κ1) is 23.0. The van der Waals surface area contributed by atoms with E-state index < -0.39 is 17.6 Å². The van der Waals surface area contributed by atoms with E-state index in [0.29, 0.717) is 12.3 Å². The van der Waals surface area contributed by atoms with Gasteiger partial charge in [-0.2, -0.15) is 0 Å². The number of rotatable bonds is 5. The Morgan fingerprint density at radius 2 is 1.84 bits per heavy atom. The number of carbonyl (C=O) groups is 2. The van der Waals surface area contributed by atoms with Gasteiger partial charge < -0.3 is 14.4 Å². The number of nitrogens with zero attached hydrogens (tertiary/aromatic N) is 2. The summed E-state index contributed by atoms with van der Waals surface area (Å²) in [6, 6.07) is 12.4. The summed E-state index contributed by atoms with van der Waals surface area (Å²) in [5, 5.41) is 0. The Morgan fingerprint density at radius 1 is 1.16 bits per heavy atom. The van der Waals surface area contributed by atoms with Crippen molar-refractivity contribution in [2.24, 2.45) is 4.99 Å². The minimum atomic E-state index is -0.877. The van der Waals surface area contributed by atoms with E-state index in [1.807, 2.05) is 49.4 Å². The van der Waals surface area contributed by atoms with Crippen LogP contribution in [0.4, 0.5) is 5.69 Å². The lowest BCUT2D eigenvalue weighted by Crippen LogP contribution is -2.39. The van der Waals surface area contributed by atoms with Gasteiger partial charge >= 0.3 is 5.97 Å². The summed E-state index contributed by atoms with van der Waals surface area (Å²) >= 11 is 3.53. The van der Waals surface area contributed by atoms with Gasteiger partial charge in [0.05, 0.1) is 24.9 Å². The summed E-state index contributed by atoms with van der Waals surface area (Å²) in [7, 11) is 1.61. The van der Waals surface area contributed by atoms with Gasteiger partial charge in [0.1, 0.15) is 17.4 Å². The average molecular weight is 487 g/mol. The van der Waals surface area contributed by atoms with E-state index in [4.69, 9.17) is 14.5 Å². The van der Waals surface area contributed by atoms with Crippen molar-refractivity contribution in [2.75, 3.05) is 18.6 Å². The molecule has 0 unspecified atom stereocenters. The number of amides is 1. The molecule has 0 bridgehead atoms. The van der Waals surface area contributed by atoms with E-state index in [9.17, 15) is 9.59 Å². The van der Waals surface area contributed by atoms with Crippen molar-refractivity contribution >= 4 is 39.2 Å². The molecule has 0 aliphatic carbocycles. The zero-order valence-corrected chi connectivity index (χ0v) is 20.0. The molecule has 0 saturated carbocycles. The molecule has 0 N–H and O–H groups in total. The number of anilines is 1. The van der Waals surface area contributed by atoms with E-state index in [1.54, 1.807) is 32.8 Å². The lowest BCUT2D eigenvalue weighted by Gasteiger charge is -2.24. The lowest BCUT2D eigenvalue weighted by molar-refractivity contribution is -0.156. The first-order chi connectivity index (χ1) is 14.6. The molecule has 31 heavy (non-hydrogen) atoms. The molecule has 3 rings (SSSR count). The van der Waals surface area contributed by atoms with Gasteiger partial charge in [0.15, 0.2) is 0 Å². The van der Waals surface area contributed by atoms with Gasteiger partial charge in [-0.3, -0.25) is 14.6 Å². The number of methoxy groups -OCH3 is 1. The average Bonchev–Trinajstić information content (AvgIpc) is 2.81. The maximum atomic E-state index is 13.4. The predicted octanol–water partition coefficient (Wildman–Crippen LogP) is 4.76. The van der Waals surface area contributed by atoms with Crippen molar-refractivity contribution in [1.29, 1.82) is 0 Å². The largest absolute Gasteiger partial charge is 0.497 e. The quantitative estimate of drug-likeness (QED) is 0.571. The molecule has 0 spiro atoms. The number of carbonyl (C=O) groups excluding carboxylic acids is 2. The molecule has 1 aliphatic rings. The Bertz CT molecular complexity index is 1010. The second kappa shape index (κ2) is 9.22. The van der Waals surface area contributed by atoms with Gasteiger partial charge in [-0.1, -0.05) is 15.9 Å². The number of benzodiazepines with no additional fused rings is 1. The number of esters is 1. The van der Waals surface area contributed by atoms with E-state index in [-0.39, 0.29) is 12.3 Å². The molecule has 2 aromatic rings. The minimum absolute atomic E-state index is 0.124. The molecule has 0 radical (unpaired) electrons. The molecule has 0 saturated heterocycles. The maximum absolute atomic E-state index is 13.4. The molecule has 6 nitrogen and oxygen atoms in total. The van der Waals surface area contributed by atoms with Gasteiger partial charge in [0.25, 0.3) is 5.91 Å². The number of hydrogen-bond donors (Lipinski definition) is 0. The molecule has 7 heteroatoms. The molecule has 1 heterocycles. The van der Waals surface area contributed by atoms with Crippen molar-refractivity contribution in [3.8, 4) is 5.75 Å². The minimum Gasteiger partial charge on any atom is -0.497 e. The number of aliphatic imine (C=N–C) groups is 1. The van der Waals surface area contributed by atoms with Crippen LogP contribution in [0.15, 0.2) is 51.9 Å². The Kier molecular flexibility index (Phi) is 6.84. The highest BCUT2D eigenvalue weighted by molar-refractivity contribution is 9.10. The van der Waals surface area contributed by atoms with E-state index in [2.05, 4.69) is 15.9 Å². The summed E-state index contributed by atoms with van der Waals surface area (Å²) in [5.74, 6) is 0.0521. The highest BCUT2D eigenvalue weighted by atomic mass is 79.9. The summed E-state index contributed by atoms with van der Waals surface area (Å²) in [5.41, 5.74) is 2.43. The first-order valence-electron chi connectivity index (χ1n) is 10.2. The van der Waals surface area contributed by atoms with E-state index >= 15 is 0 Å². The number of benzene rings is 2. The van der Waals surface area contributed by atoms with Crippen LogP contribution in [-0.2, 0) is 14.3 Å². The third-order valence-electron chi connectivity index (χ3n) is 4.80. The standard InChI is InChI=1S/C24H27BrN2O4/c1-6-27-20-12-9-16(25)13-18(20)22(15-7-10-17(30-5)11-8-15)26-19(23(27)29)14-21(28)31-24(2,3)4/h7-13,19H,6,14H2,1-5H3/t19-/m1/s1. The lowest BCUT2D eigenvalue weighted by atomic mass is 10.00. The Labute approximate surface area is 191 Å². The van der Waals surface area contributed by atoms with Gasteiger partial charge in [-0.15, -0.1) is 0 Å². The fourth-order valence-corrected chi connectivity index (χ4v) is 3.85. The topological polar surface area (TPSA) is 68.2 Å². The summed E-state index contributed by atoms with van der Waals surface area (Å²) < 4.78 is 11.6. The van der Waals surface area contributed by atoms with Crippen molar-refractivity contribution in [3.05, 3.63) is 58.1 Å². The Morgan fingerprint density at radius 3 is 2.42 bits per heavy atom. The van der Waals surface area contributed by atoms with Crippen molar-refractivity contribution < 1.29 is 19.1 Å². The maximum Gasteiger partial charge on any atom is 0.309 e. The van der Waals surface area contributed by atoms with Crippen LogP contribution >= 0.6 is 15.9 Å². The van der Waals surface area contributed by atoms with Crippen LogP contribution in [0.1, 0.15) is 45.2 Å². The number of ether oxygens (including phenoxy) is 2. The molecule has 1 amide bonds. The second-order valence-corrected chi connectivity index (χ2v) is 9.17. The normalized spacial score (nSPS) is 16.3. The van der Waals surface area contributed by atoms with Crippen LogP contribution in [0.3, 0.4) is 0 Å². The zero-order valence-electron chi connectivity index (χ0n) is 18.4. The van der Waals surface area contributed by atoms with E-state index in [0.717, 1.165) is 27.0 Å². The molecule has 1 aliphatic heterocycles. The predicted molar refractivity (Wildman–Crippen MR) is 125 cm³/mol. The summed E-state index contributed by atoms with van der Waals surface area (Å²) in [4.78, 5) is 32.4. The molecule has 2 aromatic carbocycles. The zero-order chi connectivity index (χ0) is 22.8. The first-order valence-corrected chi connectivity index (χ1v) is 11.0. The second-order valence-electron chi connectivity index (χ2n) is 8.26. The molecule has 0 aromatic heterocycles. The van der Waals surface area contributed by atoms with Crippen LogP contribution in [0.5, 0.6) is 5.75 Å². The molecular weight excluding hydrogens is 460 g/mol. The van der Waals surface area contributed by atoms with Crippen molar-refractivity contribution in [1.82, 2.24) is 0 Å². The van der Waals surface area contributed by atoms with Gasteiger partial charge in [-0.05, 0) is 70.2 Å². The van der Waals surface area contributed by atoms with Crippen LogP contribution in [0, 0.1) is 0 Å². The van der Waals surface area contributed by atoms with Crippen LogP contribution in [0.2, 0.25) is 0 Å². The number of halogens is 1. The SMILES string of the molecule is CCN1C(=O)[C@@H](CC(=O)OC(C)(C)C)N=C(c2ccc(OC)cc2)c2cc(Br)ccc21. The van der Waals surface area contributed by atoms with Gasteiger partial charge in [0, 0.05) is 22.1 Å². The third-order valence-corrected chi connectivity index (χ3v) is 5.29. The number of fused-ring (bicyclic) bond motifs is 1. The molecule has 0 fully saturated rings. The number of hydrogen-bond acceptors (Lipinski definition) is 5. The Balaban J connectivity index is 2.13. The Hall–Kier alpha value is -2.67. The van der Waals surface area contributed by atoms with Gasteiger partial charge in [-0.25, -0.2) is 0 Å². The molecule has 1 atom stereocenters. The summed E-state index contributed by atoms with van der Waals surface area (Å²) in [6.07, 6.45) is -0.124. The molecule has 164 valence electrons. The highest BCUT2D eigenvalue weighted by Gasteiger charge is 2.34. The van der Waals surface area contributed by atoms with Crippen molar-refractivity contribution in [3.63, 3.8) is 0 Å². The monoisotopic (exact) mass is 486 g/mol. The number of likely N-dealkylation sites (N-methyl/N-ethyl adjacent to an activating group) is 1. The smallest absolute Gasteiger partial charge is 0.309 e. The van der Waals surface area contributed by atoms with Crippen molar-refractivity contribution in [2.45, 2.75) is 45.8 Å². The van der Waals surface area contributed by atoms with Crippen LogP contribution < -0.4 is 9.64 Å². The highest BCUT2D eigenvalue weighted by Crippen LogP contribution is 2.32.